The van der Waals surface area contributed by atoms with Crippen LogP contribution in [0.4, 0.5) is 0 Å². The Morgan fingerprint density at radius 3 is 1.88 bits per heavy atom. The first-order chi connectivity index (χ1) is 12.8. The summed E-state index contributed by atoms with van der Waals surface area (Å²) in [6.07, 6.45) is 0.952. The molecule has 0 aromatic heterocycles. The van der Waals surface area contributed by atoms with Crippen molar-refractivity contribution in [2.45, 2.75) is 12.8 Å². The van der Waals surface area contributed by atoms with Gasteiger partial charge in [0.2, 0.25) is 0 Å². The standard InChI is InChI=1S/C25H20O/c26-25(18-20-12-15-22-8-4-5-9-24(22)16-20)17-19-10-13-23(14-11-19)21-6-2-1-3-7-21/h1-16H,17-18H2. The Bertz CT molecular complexity index is 1030. The number of carbonyl (C=O) groups excluding carboxylic acids is 1. The molecule has 0 saturated heterocycles. The average molecular weight is 336 g/mol. The van der Waals surface area contributed by atoms with Gasteiger partial charge in [0.15, 0.2) is 0 Å². The van der Waals surface area contributed by atoms with Crippen LogP contribution in [0.3, 0.4) is 0 Å². The van der Waals surface area contributed by atoms with Crippen molar-refractivity contribution in [1.82, 2.24) is 0 Å². The lowest BCUT2D eigenvalue weighted by atomic mass is 9.98. The summed E-state index contributed by atoms with van der Waals surface area (Å²) in [5.41, 5.74) is 4.52. The van der Waals surface area contributed by atoms with Gasteiger partial charge in [0, 0.05) is 12.8 Å². The Morgan fingerprint density at radius 1 is 0.538 bits per heavy atom. The SMILES string of the molecule is O=C(Cc1ccc(-c2ccccc2)cc1)Cc1ccc2ccccc2c1. The molecule has 4 rings (SSSR count). The normalized spacial score (nSPS) is 10.8. The zero-order valence-electron chi connectivity index (χ0n) is 14.6. The van der Waals surface area contributed by atoms with Gasteiger partial charge in [-0.25, -0.2) is 0 Å². The average Bonchev–Trinajstić information content (AvgIpc) is 2.69. The van der Waals surface area contributed by atoms with Crippen LogP contribution in [0.25, 0.3) is 21.9 Å². The molecule has 0 aliphatic rings. The Balaban J connectivity index is 1.44. The van der Waals surface area contributed by atoms with E-state index in [9.17, 15) is 4.79 Å². The molecular weight excluding hydrogens is 316 g/mol. The third-order valence-electron chi connectivity index (χ3n) is 4.68. The molecule has 0 amide bonds. The van der Waals surface area contributed by atoms with E-state index in [-0.39, 0.29) is 5.78 Å². The van der Waals surface area contributed by atoms with Gasteiger partial charge in [-0.05, 0) is 33.0 Å². The van der Waals surface area contributed by atoms with Gasteiger partial charge in [0.05, 0.1) is 0 Å². The number of hydrogen-bond acceptors (Lipinski definition) is 1. The first-order valence-electron chi connectivity index (χ1n) is 8.92. The topological polar surface area (TPSA) is 17.1 Å². The van der Waals surface area contributed by atoms with Crippen molar-refractivity contribution in [2.24, 2.45) is 0 Å². The molecule has 4 aromatic rings. The Labute approximate surface area is 153 Å². The molecule has 0 bridgehead atoms. The predicted octanol–water partition coefficient (Wildman–Crippen LogP) is 5.86. The molecule has 0 fully saturated rings. The van der Waals surface area contributed by atoms with Crippen LogP contribution in [-0.2, 0) is 17.6 Å². The molecule has 26 heavy (non-hydrogen) atoms. The maximum absolute atomic E-state index is 12.5. The summed E-state index contributed by atoms with van der Waals surface area (Å²) in [6, 6.07) is 33.1. The maximum Gasteiger partial charge on any atom is 0.141 e. The largest absolute Gasteiger partial charge is 0.299 e. The molecule has 0 radical (unpaired) electrons. The lowest BCUT2D eigenvalue weighted by Crippen LogP contribution is -2.06. The van der Waals surface area contributed by atoms with E-state index >= 15 is 0 Å². The summed E-state index contributed by atoms with van der Waals surface area (Å²) in [5.74, 6) is 0.243. The smallest absolute Gasteiger partial charge is 0.141 e. The van der Waals surface area contributed by atoms with Crippen LogP contribution in [0, 0.1) is 0 Å². The van der Waals surface area contributed by atoms with Gasteiger partial charge >= 0.3 is 0 Å². The molecule has 1 heteroatoms. The highest BCUT2D eigenvalue weighted by molar-refractivity contribution is 5.87. The number of Topliss-reactive ketones (excluding diaryl/α,β-unsaturated/α-hetero) is 1. The number of benzene rings is 4. The Morgan fingerprint density at radius 2 is 1.12 bits per heavy atom. The summed E-state index contributed by atoms with van der Waals surface area (Å²) < 4.78 is 0. The molecule has 0 N–H and O–H groups in total. The van der Waals surface area contributed by atoms with Crippen LogP contribution in [-0.4, -0.2) is 5.78 Å². The minimum absolute atomic E-state index is 0.243. The first-order valence-corrected chi connectivity index (χ1v) is 8.92. The highest BCUT2D eigenvalue weighted by Crippen LogP contribution is 2.20. The maximum atomic E-state index is 12.5. The van der Waals surface area contributed by atoms with Gasteiger partial charge in [-0.15, -0.1) is 0 Å². The highest BCUT2D eigenvalue weighted by atomic mass is 16.1. The number of ketones is 1. The third kappa shape index (κ3) is 3.73. The van der Waals surface area contributed by atoms with Crippen molar-refractivity contribution in [3.8, 4) is 11.1 Å². The second kappa shape index (κ2) is 7.37. The van der Waals surface area contributed by atoms with Crippen molar-refractivity contribution in [3.05, 3.63) is 108 Å². The molecular formula is C25H20O. The number of rotatable bonds is 5. The number of fused-ring (bicyclic) bond motifs is 1. The van der Waals surface area contributed by atoms with Crippen molar-refractivity contribution < 1.29 is 4.79 Å². The van der Waals surface area contributed by atoms with E-state index in [0.717, 1.165) is 11.1 Å². The molecule has 0 saturated carbocycles. The molecule has 0 spiro atoms. The van der Waals surface area contributed by atoms with Crippen LogP contribution in [0.2, 0.25) is 0 Å². The molecule has 4 aromatic carbocycles. The van der Waals surface area contributed by atoms with Crippen LogP contribution in [0.5, 0.6) is 0 Å². The molecule has 0 atom stereocenters. The van der Waals surface area contributed by atoms with Crippen molar-refractivity contribution >= 4 is 16.6 Å². The fourth-order valence-electron chi connectivity index (χ4n) is 3.31. The fourth-order valence-corrected chi connectivity index (χ4v) is 3.31. The minimum Gasteiger partial charge on any atom is -0.299 e. The molecule has 1 nitrogen and oxygen atoms in total. The predicted molar refractivity (Wildman–Crippen MR) is 108 cm³/mol. The van der Waals surface area contributed by atoms with Crippen LogP contribution >= 0.6 is 0 Å². The minimum atomic E-state index is 0.243. The second-order valence-corrected chi connectivity index (χ2v) is 6.64. The lowest BCUT2D eigenvalue weighted by Gasteiger charge is -2.06. The van der Waals surface area contributed by atoms with Gasteiger partial charge in [0.1, 0.15) is 5.78 Å². The van der Waals surface area contributed by atoms with E-state index in [0.29, 0.717) is 12.8 Å². The highest BCUT2D eigenvalue weighted by Gasteiger charge is 2.07. The zero-order chi connectivity index (χ0) is 17.8. The van der Waals surface area contributed by atoms with Crippen LogP contribution in [0.15, 0.2) is 97.1 Å². The molecule has 0 heterocycles. The van der Waals surface area contributed by atoms with Crippen LogP contribution < -0.4 is 0 Å². The lowest BCUT2D eigenvalue weighted by molar-refractivity contribution is -0.117. The Kier molecular flexibility index (Phi) is 4.61. The first kappa shape index (κ1) is 16.3. The fraction of sp³-hybridized carbons (Fsp3) is 0.0800. The van der Waals surface area contributed by atoms with E-state index in [1.807, 2.05) is 30.3 Å². The summed E-state index contributed by atoms with van der Waals surface area (Å²) in [7, 11) is 0. The van der Waals surface area contributed by atoms with E-state index < -0.39 is 0 Å². The molecule has 0 aliphatic heterocycles. The Hall–Kier alpha value is -3.19. The summed E-state index contributed by atoms with van der Waals surface area (Å²) in [6.45, 7) is 0. The molecule has 0 aliphatic carbocycles. The van der Waals surface area contributed by atoms with Crippen molar-refractivity contribution in [2.75, 3.05) is 0 Å². The van der Waals surface area contributed by atoms with Gasteiger partial charge in [-0.2, -0.15) is 0 Å². The van der Waals surface area contributed by atoms with E-state index in [4.69, 9.17) is 0 Å². The van der Waals surface area contributed by atoms with Crippen molar-refractivity contribution in [3.63, 3.8) is 0 Å². The summed E-state index contributed by atoms with van der Waals surface area (Å²) in [4.78, 5) is 12.5. The van der Waals surface area contributed by atoms with E-state index in [1.54, 1.807) is 0 Å². The quantitative estimate of drug-likeness (QED) is 0.446. The third-order valence-corrected chi connectivity index (χ3v) is 4.68. The van der Waals surface area contributed by atoms with Crippen LogP contribution in [0.1, 0.15) is 11.1 Å². The summed E-state index contributed by atoms with van der Waals surface area (Å²) >= 11 is 0. The number of carbonyl (C=O) groups is 1. The molecule has 126 valence electrons. The van der Waals surface area contributed by atoms with E-state index in [1.165, 1.54) is 21.9 Å². The van der Waals surface area contributed by atoms with Crippen molar-refractivity contribution in [1.29, 1.82) is 0 Å². The van der Waals surface area contributed by atoms with Gasteiger partial charge in [-0.1, -0.05) is 97.1 Å². The van der Waals surface area contributed by atoms with Gasteiger partial charge < -0.3 is 0 Å². The zero-order valence-corrected chi connectivity index (χ0v) is 14.6. The summed E-state index contributed by atoms with van der Waals surface area (Å²) in [5, 5.41) is 2.39. The van der Waals surface area contributed by atoms with E-state index in [2.05, 4.69) is 66.7 Å². The second-order valence-electron chi connectivity index (χ2n) is 6.64. The van der Waals surface area contributed by atoms with Gasteiger partial charge in [-0.3, -0.25) is 4.79 Å². The number of hydrogen-bond donors (Lipinski definition) is 0. The molecule has 0 unspecified atom stereocenters. The van der Waals surface area contributed by atoms with Gasteiger partial charge in [0.25, 0.3) is 0 Å². The monoisotopic (exact) mass is 336 g/mol.